The Labute approximate surface area is 148 Å². The number of ketones is 1. The van der Waals surface area contributed by atoms with Crippen LogP contribution in [0.2, 0.25) is 0 Å². The first kappa shape index (κ1) is 23.1. The second-order valence-electron chi connectivity index (χ2n) is 6.85. The van der Waals surface area contributed by atoms with E-state index >= 15 is 0 Å². The van der Waals surface area contributed by atoms with E-state index in [0.29, 0.717) is 12.2 Å². The Morgan fingerprint density at radius 1 is 0.625 bits per heavy atom. The molecular weight excluding hydrogens is 304 g/mol. The van der Waals surface area contributed by atoms with Gasteiger partial charge in [-0.1, -0.05) is 77.6 Å². The zero-order chi connectivity index (χ0) is 17.9. The molecule has 0 aliphatic heterocycles. The highest BCUT2D eigenvalue weighted by Gasteiger charge is 2.02. The molecule has 0 unspecified atom stereocenters. The van der Waals surface area contributed by atoms with Gasteiger partial charge in [0.05, 0.1) is 0 Å². The van der Waals surface area contributed by atoms with Crippen LogP contribution in [0.25, 0.3) is 0 Å². The maximum absolute atomic E-state index is 11.6. The molecule has 0 saturated carbocycles. The van der Waals surface area contributed by atoms with Crippen LogP contribution in [0.1, 0.15) is 116 Å². The normalized spacial score (nSPS) is 10.8. The second-order valence-corrected chi connectivity index (χ2v) is 6.85. The van der Waals surface area contributed by atoms with Gasteiger partial charge < -0.3 is 4.89 Å². The lowest BCUT2D eigenvalue weighted by Gasteiger charge is -2.03. The van der Waals surface area contributed by atoms with Gasteiger partial charge in [0.15, 0.2) is 0 Å². The van der Waals surface area contributed by atoms with Crippen molar-refractivity contribution in [2.45, 2.75) is 116 Å². The fourth-order valence-corrected chi connectivity index (χ4v) is 2.93. The van der Waals surface area contributed by atoms with Gasteiger partial charge in [0.2, 0.25) is 0 Å². The molecule has 0 aliphatic rings. The molecule has 1 N–H and O–H groups in total. The molecule has 0 fully saturated rings. The van der Waals surface area contributed by atoms with E-state index in [2.05, 4.69) is 11.8 Å². The standard InChI is InChI=1S/C20H38O4/c1-2-3-13-16-19(21)17-14-11-9-7-5-4-6-8-10-12-15-18-20(22)24-23/h23H,2-18H2,1H3. The van der Waals surface area contributed by atoms with Crippen molar-refractivity contribution in [2.75, 3.05) is 0 Å². The highest BCUT2D eigenvalue weighted by atomic mass is 17.1. The topological polar surface area (TPSA) is 63.6 Å². The number of hydrogen-bond acceptors (Lipinski definition) is 4. The van der Waals surface area contributed by atoms with E-state index in [-0.39, 0.29) is 0 Å². The number of carbonyl (C=O) groups excluding carboxylic acids is 2. The highest BCUT2D eigenvalue weighted by Crippen LogP contribution is 2.13. The summed E-state index contributed by atoms with van der Waals surface area (Å²) in [7, 11) is 0. The molecule has 0 aromatic rings. The zero-order valence-corrected chi connectivity index (χ0v) is 15.7. The Hall–Kier alpha value is -0.900. The summed E-state index contributed by atoms with van der Waals surface area (Å²) in [4.78, 5) is 25.9. The Kier molecular flexibility index (Phi) is 17.7. The lowest BCUT2D eigenvalue weighted by molar-refractivity contribution is -0.234. The first-order chi connectivity index (χ1) is 11.7. The molecule has 0 rings (SSSR count). The SMILES string of the molecule is CCCCCC(=O)CCCCCCCCCCCCCC(=O)OO. The Morgan fingerprint density at radius 2 is 1.00 bits per heavy atom. The Balaban J connectivity index is 3.12. The van der Waals surface area contributed by atoms with E-state index in [9.17, 15) is 9.59 Å². The molecule has 0 aromatic carbocycles. The van der Waals surface area contributed by atoms with Crippen LogP contribution in [-0.2, 0) is 14.5 Å². The van der Waals surface area contributed by atoms with Gasteiger partial charge in [0, 0.05) is 19.3 Å². The van der Waals surface area contributed by atoms with Crippen molar-refractivity contribution < 1.29 is 19.7 Å². The van der Waals surface area contributed by atoms with Crippen molar-refractivity contribution in [1.82, 2.24) is 0 Å². The quantitative estimate of drug-likeness (QED) is 0.182. The monoisotopic (exact) mass is 342 g/mol. The van der Waals surface area contributed by atoms with Crippen LogP contribution >= 0.6 is 0 Å². The predicted molar refractivity (Wildman–Crippen MR) is 97.9 cm³/mol. The number of unbranched alkanes of at least 4 members (excludes halogenated alkanes) is 12. The third kappa shape index (κ3) is 17.5. The van der Waals surface area contributed by atoms with Crippen molar-refractivity contribution in [3.05, 3.63) is 0 Å². The van der Waals surface area contributed by atoms with Crippen molar-refractivity contribution in [1.29, 1.82) is 0 Å². The molecule has 24 heavy (non-hydrogen) atoms. The molecule has 0 amide bonds. The number of carbonyl (C=O) groups is 2. The summed E-state index contributed by atoms with van der Waals surface area (Å²) in [5, 5.41) is 8.12. The third-order valence-corrected chi connectivity index (χ3v) is 4.50. The predicted octanol–water partition coefficient (Wildman–Crippen LogP) is 6.22. The van der Waals surface area contributed by atoms with Crippen molar-refractivity contribution in [3.8, 4) is 0 Å². The van der Waals surface area contributed by atoms with Crippen LogP contribution in [0.4, 0.5) is 0 Å². The van der Waals surface area contributed by atoms with Gasteiger partial charge in [0.25, 0.3) is 0 Å². The molecule has 142 valence electrons. The van der Waals surface area contributed by atoms with Crippen LogP contribution in [0, 0.1) is 0 Å². The summed E-state index contributed by atoms with van der Waals surface area (Å²) in [5.74, 6) is -0.0756. The molecule has 0 heterocycles. The van der Waals surface area contributed by atoms with Gasteiger partial charge in [-0.2, -0.15) is 5.26 Å². The minimum Gasteiger partial charge on any atom is -0.301 e. The number of hydrogen-bond donors (Lipinski definition) is 1. The van der Waals surface area contributed by atoms with E-state index in [4.69, 9.17) is 5.26 Å². The molecule has 0 radical (unpaired) electrons. The van der Waals surface area contributed by atoms with Gasteiger partial charge in [-0.3, -0.25) is 4.79 Å². The van der Waals surface area contributed by atoms with Crippen LogP contribution in [0.3, 0.4) is 0 Å². The fourth-order valence-electron chi connectivity index (χ4n) is 2.93. The van der Waals surface area contributed by atoms with Gasteiger partial charge in [-0.05, 0) is 19.3 Å². The summed E-state index contributed by atoms with van der Waals surface area (Å²) in [6.45, 7) is 2.17. The van der Waals surface area contributed by atoms with E-state index in [0.717, 1.165) is 44.9 Å². The number of rotatable bonds is 18. The van der Waals surface area contributed by atoms with Crippen LogP contribution in [0.15, 0.2) is 0 Å². The van der Waals surface area contributed by atoms with E-state index in [1.807, 2.05) is 0 Å². The molecule has 0 bridgehead atoms. The maximum atomic E-state index is 11.6. The van der Waals surface area contributed by atoms with Gasteiger partial charge >= 0.3 is 5.97 Å². The molecule has 4 heteroatoms. The fraction of sp³-hybridized carbons (Fsp3) is 0.900. The highest BCUT2D eigenvalue weighted by molar-refractivity contribution is 5.78. The lowest BCUT2D eigenvalue weighted by atomic mass is 10.0. The van der Waals surface area contributed by atoms with Crippen molar-refractivity contribution >= 4 is 11.8 Å². The zero-order valence-electron chi connectivity index (χ0n) is 15.7. The van der Waals surface area contributed by atoms with Gasteiger partial charge in [-0.15, -0.1) is 0 Å². The molecule has 0 aliphatic carbocycles. The van der Waals surface area contributed by atoms with E-state index in [1.54, 1.807) is 0 Å². The molecule has 4 nitrogen and oxygen atoms in total. The second kappa shape index (κ2) is 18.4. The third-order valence-electron chi connectivity index (χ3n) is 4.50. The minimum absolute atomic E-state index is 0.317. The molecular formula is C20H38O4. The van der Waals surface area contributed by atoms with Crippen LogP contribution in [0.5, 0.6) is 0 Å². The Morgan fingerprint density at radius 3 is 1.42 bits per heavy atom. The smallest absolute Gasteiger partial charge is 0.301 e. The minimum atomic E-state index is -0.530. The van der Waals surface area contributed by atoms with E-state index in [1.165, 1.54) is 57.8 Å². The van der Waals surface area contributed by atoms with Crippen molar-refractivity contribution in [2.24, 2.45) is 0 Å². The number of Topliss-reactive ketones (excluding diaryl/α,β-unsaturated/α-hetero) is 1. The molecule has 0 spiro atoms. The van der Waals surface area contributed by atoms with Crippen LogP contribution < -0.4 is 0 Å². The molecule has 0 atom stereocenters. The summed E-state index contributed by atoms with van der Waals surface area (Å²) in [6.07, 6.45) is 18.2. The summed E-state index contributed by atoms with van der Waals surface area (Å²) in [6, 6.07) is 0. The summed E-state index contributed by atoms with van der Waals surface area (Å²) >= 11 is 0. The maximum Gasteiger partial charge on any atom is 0.342 e. The summed E-state index contributed by atoms with van der Waals surface area (Å²) < 4.78 is 0. The van der Waals surface area contributed by atoms with Crippen LogP contribution in [-0.4, -0.2) is 17.0 Å². The molecule has 0 saturated heterocycles. The summed E-state index contributed by atoms with van der Waals surface area (Å²) in [5.41, 5.74) is 0. The Bertz CT molecular complexity index is 302. The van der Waals surface area contributed by atoms with Crippen molar-refractivity contribution in [3.63, 3.8) is 0 Å². The first-order valence-corrected chi connectivity index (χ1v) is 10.1. The first-order valence-electron chi connectivity index (χ1n) is 10.1. The average molecular weight is 343 g/mol. The largest absolute Gasteiger partial charge is 0.342 e. The van der Waals surface area contributed by atoms with Gasteiger partial charge in [-0.25, -0.2) is 4.79 Å². The molecule has 0 aromatic heterocycles. The van der Waals surface area contributed by atoms with Gasteiger partial charge in [0.1, 0.15) is 5.78 Å². The van der Waals surface area contributed by atoms with E-state index < -0.39 is 5.97 Å². The average Bonchev–Trinajstić information content (AvgIpc) is 2.58. The lowest BCUT2D eigenvalue weighted by Crippen LogP contribution is -1.99.